The van der Waals surface area contributed by atoms with Gasteiger partial charge in [-0.25, -0.2) is 0 Å². The summed E-state index contributed by atoms with van der Waals surface area (Å²) in [7, 11) is -5.17. The number of hydrogen-bond acceptors (Lipinski definition) is 6. The molecule has 16 heteroatoms. The normalized spacial score (nSPS) is 10.8. The van der Waals surface area contributed by atoms with Crippen molar-refractivity contribution in [2.45, 2.75) is 12.8 Å². The molecule has 0 spiro atoms. The van der Waals surface area contributed by atoms with Gasteiger partial charge in [0.05, 0.1) is 0 Å². The Kier molecular flexibility index (Phi) is 18.8. The number of hydrogen-bond donors (Lipinski definition) is 6. The third kappa shape index (κ3) is 24.9. The maximum atomic E-state index is 8.52. The molecule has 1 radical (unpaired) electrons. The molecule has 0 aromatic heterocycles. The first-order chi connectivity index (χ1) is 16.4. The Hall–Kier alpha value is -3.69. The van der Waals surface area contributed by atoms with Crippen LogP contribution in [0.3, 0.4) is 0 Å². The van der Waals surface area contributed by atoms with Crippen LogP contribution in [0.1, 0.15) is 11.1 Å². The van der Waals surface area contributed by atoms with Crippen LogP contribution < -0.4 is 34.4 Å². The Morgan fingerprint density at radius 2 is 0.917 bits per heavy atom. The molecular weight excluding hydrogens is 540 g/mol. The zero-order valence-electron chi connectivity index (χ0n) is 19.2. The first kappa shape index (κ1) is 34.5. The van der Waals surface area contributed by atoms with E-state index >= 15 is 0 Å². The van der Waals surface area contributed by atoms with Crippen LogP contribution in [0, 0.1) is 0 Å². The second kappa shape index (κ2) is 19.6. The van der Waals surface area contributed by atoms with Crippen LogP contribution in [0.5, 0.6) is 0 Å². The molecule has 0 unspecified atom stereocenters. The largest absolute Gasteiger partial charge is 2.00 e. The molecule has 0 bridgehead atoms. The predicted octanol–water partition coefficient (Wildman–Crippen LogP) is -1.71. The predicted molar refractivity (Wildman–Crippen MR) is 135 cm³/mol. The fourth-order valence-electron chi connectivity index (χ4n) is 2.22. The number of nitrogens with two attached hydrogens (primary N) is 6. The minimum Gasteiger partial charge on any atom is -0.759 e. The fraction of sp³-hybridized carbons (Fsp3) is 0.200. The Labute approximate surface area is 220 Å². The number of aliphatic imine (C=N–C) groups is 4. The molecular formula is C20H30CuN10O4S. The van der Waals surface area contributed by atoms with Crippen molar-refractivity contribution in [1.29, 1.82) is 0 Å². The summed E-state index contributed by atoms with van der Waals surface area (Å²) in [6.45, 7) is 1.15. The van der Waals surface area contributed by atoms with E-state index in [9.17, 15) is 0 Å². The van der Waals surface area contributed by atoms with Crippen LogP contribution in [-0.4, -0.2) is 54.5 Å². The number of benzene rings is 2. The minimum atomic E-state index is -5.17. The summed E-state index contributed by atoms with van der Waals surface area (Å²) in [5.74, 6) is 0.0868. The van der Waals surface area contributed by atoms with Gasteiger partial charge in [-0.15, -0.1) is 0 Å². The van der Waals surface area contributed by atoms with Crippen molar-refractivity contribution in [3.8, 4) is 0 Å². The monoisotopic (exact) mass is 569 g/mol. The first-order valence-electron chi connectivity index (χ1n) is 9.90. The summed E-state index contributed by atoms with van der Waals surface area (Å²) in [5, 5.41) is 0. The Morgan fingerprint density at radius 1 is 0.639 bits per heavy atom. The number of guanidine groups is 4. The van der Waals surface area contributed by atoms with Gasteiger partial charge in [-0.05, 0) is 24.0 Å². The van der Waals surface area contributed by atoms with Gasteiger partial charge in [-0.1, -0.05) is 60.7 Å². The van der Waals surface area contributed by atoms with Crippen molar-refractivity contribution in [1.82, 2.24) is 0 Å². The molecule has 0 fully saturated rings. The van der Waals surface area contributed by atoms with Gasteiger partial charge in [0.1, 0.15) is 0 Å². The van der Waals surface area contributed by atoms with E-state index in [0.717, 1.165) is 12.8 Å². The van der Waals surface area contributed by atoms with Gasteiger partial charge in [0.15, 0.2) is 11.9 Å². The summed E-state index contributed by atoms with van der Waals surface area (Å²) in [6, 6.07) is 20.0. The molecule has 0 heterocycles. The zero-order valence-corrected chi connectivity index (χ0v) is 21.0. The van der Waals surface area contributed by atoms with E-state index in [-0.39, 0.29) is 40.9 Å². The van der Waals surface area contributed by atoms with E-state index in [1.54, 1.807) is 0 Å². The minimum absolute atomic E-state index is 0. The van der Waals surface area contributed by atoms with Crippen molar-refractivity contribution < 1.29 is 34.6 Å². The van der Waals surface area contributed by atoms with E-state index in [2.05, 4.69) is 20.0 Å². The molecule has 36 heavy (non-hydrogen) atoms. The van der Waals surface area contributed by atoms with Crippen LogP contribution in [0.15, 0.2) is 80.6 Å². The standard InChI is InChI=1S/2C10H15N5.Cu.H2O4S/c2*11-9(12)15-10(13)14-7-6-8-4-2-1-3-5-8;;1-5(2,3)4/h2*1-5H,6-7H2,(H6,11,12,13,14,15);;(H2,1,2,3,4)/q;;+2;/p-2. The first-order valence-corrected chi connectivity index (χ1v) is 11.2. The Morgan fingerprint density at radius 3 is 1.17 bits per heavy atom. The quantitative estimate of drug-likeness (QED) is 0.0752. The van der Waals surface area contributed by atoms with Crippen molar-refractivity contribution in [2.75, 3.05) is 13.1 Å². The van der Waals surface area contributed by atoms with Crippen LogP contribution in [0.2, 0.25) is 0 Å². The van der Waals surface area contributed by atoms with Gasteiger partial charge in [0, 0.05) is 23.5 Å². The van der Waals surface area contributed by atoms with Gasteiger partial charge in [-0.3, -0.25) is 18.4 Å². The van der Waals surface area contributed by atoms with Gasteiger partial charge < -0.3 is 43.5 Å². The molecule has 0 saturated carbocycles. The average molecular weight is 570 g/mol. The van der Waals surface area contributed by atoms with E-state index in [0.29, 0.717) is 13.1 Å². The van der Waals surface area contributed by atoms with E-state index in [1.807, 2.05) is 60.7 Å². The molecule has 0 aliphatic rings. The van der Waals surface area contributed by atoms with Gasteiger partial charge in [0.2, 0.25) is 11.9 Å². The van der Waals surface area contributed by atoms with Crippen molar-refractivity contribution >= 4 is 34.2 Å². The van der Waals surface area contributed by atoms with Crippen LogP contribution >= 0.6 is 0 Å². The molecule has 0 amide bonds. The van der Waals surface area contributed by atoms with E-state index < -0.39 is 10.4 Å². The van der Waals surface area contributed by atoms with Gasteiger partial charge >= 0.3 is 17.1 Å². The fourth-order valence-corrected chi connectivity index (χ4v) is 2.22. The molecule has 2 rings (SSSR count). The van der Waals surface area contributed by atoms with Crippen LogP contribution in [0.25, 0.3) is 0 Å². The topological polar surface area (TPSA) is 286 Å². The molecule has 0 aliphatic heterocycles. The molecule has 14 nitrogen and oxygen atoms in total. The number of rotatable bonds is 6. The third-order valence-electron chi connectivity index (χ3n) is 3.52. The van der Waals surface area contributed by atoms with Crippen molar-refractivity contribution in [3.63, 3.8) is 0 Å². The zero-order chi connectivity index (χ0) is 26.7. The smallest absolute Gasteiger partial charge is 0.759 e. The Balaban J connectivity index is 0. The number of nitrogens with zero attached hydrogens (tertiary/aromatic N) is 4. The summed E-state index contributed by atoms with van der Waals surface area (Å²) in [4.78, 5) is 15.2. The summed E-state index contributed by atoms with van der Waals surface area (Å²) >= 11 is 0. The molecule has 2 aromatic rings. The van der Waals surface area contributed by atoms with E-state index in [1.165, 1.54) is 11.1 Å². The van der Waals surface area contributed by atoms with Crippen LogP contribution in [-0.2, 0) is 40.3 Å². The Bertz CT molecular complexity index is 1010. The second-order valence-electron chi connectivity index (χ2n) is 6.43. The van der Waals surface area contributed by atoms with Crippen molar-refractivity contribution in [2.24, 2.45) is 54.4 Å². The summed E-state index contributed by atoms with van der Waals surface area (Å²) in [5.41, 5.74) is 33.9. The molecule has 201 valence electrons. The van der Waals surface area contributed by atoms with Crippen LogP contribution in [0.4, 0.5) is 0 Å². The molecule has 12 N–H and O–H groups in total. The van der Waals surface area contributed by atoms with Gasteiger partial charge in [-0.2, -0.15) is 9.98 Å². The molecule has 0 saturated heterocycles. The molecule has 2 aromatic carbocycles. The maximum Gasteiger partial charge on any atom is 2.00 e. The van der Waals surface area contributed by atoms with Gasteiger partial charge in [0.25, 0.3) is 0 Å². The second-order valence-corrected chi connectivity index (χ2v) is 7.25. The van der Waals surface area contributed by atoms with E-state index in [4.69, 9.17) is 51.9 Å². The molecule has 0 atom stereocenters. The summed E-state index contributed by atoms with van der Waals surface area (Å²) in [6.07, 6.45) is 1.64. The maximum absolute atomic E-state index is 8.52. The molecule has 0 aliphatic carbocycles. The third-order valence-corrected chi connectivity index (χ3v) is 3.52. The summed E-state index contributed by atoms with van der Waals surface area (Å²) < 4.78 is 34.1. The SMILES string of the molecule is NC(N)=NC(N)=NCCc1ccccc1.NC(N)=NC(N)=NCCc1ccccc1.O=S(=O)([O-])[O-].[Cu+2]. The average Bonchev–Trinajstić information content (AvgIpc) is 2.73. The van der Waals surface area contributed by atoms with Crippen molar-refractivity contribution in [3.05, 3.63) is 71.8 Å².